The maximum atomic E-state index is 14.1. The van der Waals surface area contributed by atoms with E-state index in [2.05, 4.69) is 37.0 Å². The summed E-state index contributed by atoms with van der Waals surface area (Å²) < 4.78 is 1.66. The topological polar surface area (TPSA) is 199 Å². The minimum absolute atomic E-state index is 0.00179. The van der Waals surface area contributed by atoms with E-state index in [1.54, 1.807) is 40.4 Å². The highest BCUT2D eigenvalue weighted by Gasteiger charge is 2.44. The molecule has 5 amide bonds. The molecule has 17 heteroatoms. The lowest BCUT2D eigenvalue weighted by Crippen LogP contribution is -2.57. The number of aliphatic hydroxyl groups excluding tert-OH is 1. The SMILES string of the molecule is Cc1ncsc1-c1ccc(CNC(=O)[C@@H]2C[C@@H](O)CN2C(=O)[C@@H](NC(=O)CCCCCN(C)C(=O)c2cc3ccc(C4=CCCN(C(=O)CCn5ccnn5)C4)cc3[nH]2)C(C)(C)C)cc1. The molecular formula is C48H60N10O6S. The highest BCUT2D eigenvalue weighted by atomic mass is 32.1. The van der Waals surface area contributed by atoms with Crippen LogP contribution in [-0.2, 0) is 32.3 Å². The van der Waals surface area contributed by atoms with Gasteiger partial charge in [0, 0.05) is 76.1 Å². The normalized spacial score (nSPS) is 16.9. The van der Waals surface area contributed by atoms with E-state index >= 15 is 0 Å². The van der Waals surface area contributed by atoms with E-state index in [-0.39, 0.29) is 49.6 Å². The molecule has 3 atom stereocenters. The van der Waals surface area contributed by atoms with Crippen LogP contribution in [0.2, 0.25) is 0 Å². The maximum Gasteiger partial charge on any atom is 0.270 e. The largest absolute Gasteiger partial charge is 0.391 e. The molecule has 0 radical (unpaired) electrons. The fourth-order valence-electron chi connectivity index (χ4n) is 8.46. The van der Waals surface area contributed by atoms with Gasteiger partial charge in [0.25, 0.3) is 5.91 Å². The average Bonchev–Trinajstić information content (AvgIpc) is 4.13. The zero-order valence-electron chi connectivity index (χ0n) is 37.9. The number of likely N-dealkylation sites (tertiary alicyclic amines) is 1. The zero-order chi connectivity index (χ0) is 46.3. The molecule has 2 aliphatic heterocycles. The Bertz CT molecular complexity index is 2510. The molecule has 2 aromatic carbocycles. The van der Waals surface area contributed by atoms with E-state index < -0.39 is 29.5 Å². The van der Waals surface area contributed by atoms with Gasteiger partial charge in [-0.15, -0.1) is 16.4 Å². The monoisotopic (exact) mass is 904 g/mol. The molecule has 0 spiro atoms. The van der Waals surface area contributed by atoms with Crippen LogP contribution in [0.1, 0.15) is 93.0 Å². The number of H-pyrrole nitrogens is 1. The molecule has 3 aromatic heterocycles. The first-order chi connectivity index (χ1) is 31.1. The van der Waals surface area contributed by atoms with Crippen molar-refractivity contribution in [1.82, 2.24) is 50.3 Å². The summed E-state index contributed by atoms with van der Waals surface area (Å²) >= 11 is 1.57. The molecule has 16 nitrogen and oxygen atoms in total. The van der Waals surface area contributed by atoms with Crippen LogP contribution in [0.25, 0.3) is 26.9 Å². The number of thiazole rings is 1. The van der Waals surface area contributed by atoms with Gasteiger partial charge in [-0.05, 0) is 66.0 Å². The van der Waals surface area contributed by atoms with Gasteiger partial charge < -0.3 is 35.4 Å². The zero-order valence-corrected chi connectivity index (χ0v) is 38.7. The standard InChI is InChI=1S/C48H60N10O6S/c1-31-43(65-30-50-31)33-14-12-32(13-15-33)27-49-45(62)40-26-37(59)29-58(40)47(64)44(48(2,3)4)53-41(60)11-7-6-8-20-55(5)46(63)39-25-35-17-16-34(24-38(35)52-39)36-10-9-21-56(28-36)42(61)18-22-57-23-19-51-54-57/h10,12-17,19,23-25,30,37,40,44,52,59H,6-9,11,18,20-22,26-29H2,1-5H3,(H,49,62)(H,53,60)/t37-,40+,44-/m1/s1. The van der Waals surface area contributed by atoms with Gasteiger partial charge in [-0.25, -0.2) is 4.98 Å². The van der Waals surface area contributed by atoms with E-state index in [9.17, 15) is 29.1 Å². The summed E-state index contributed by atoms with van der Waals surface area (Å²) in [6, 6.07) is 14.0. The molecule has 1 saturated heterocycles. The van der Waals surface area contributed by atoms with E-state index in [1.165, 1.54) is 4.90 Å². The molecule has 0 saturated carbocycles. The molecule has 1 fully saturated rings. The third-order valence-corrected chi connectivity index (χ3v) is 13.2. The summed E-state index contributed by atoms with van der Waals surface area (Å²) in [7, 11) is 1.76. The number of β-amino-alcohol motifs (C(OH)–C–C–N with tert-alkyl or cyclic N) is 1. The van der Waals surface area contributed by atoms with Gasteiger partial charge in [-0.3, -0.25) is 28.7 Å². The number of benzene rings is 2. The molecule has 65 heavy (non-hydrogen) atoms. The predicted molar refractivity (Wildman–Crippen MR) is 249 cm³/mol. The molecule has 5 heterocycles. The second kappa shape index (κ2) is 20.7. The summed E-state index contributed by atoms with van der Waals surface area (Å²) in [5.41, 5.74) is 7.46. The number of unbranched alkanes of at least 4 members (excludes halogenated alkanes) is 2. The van der Waals surface area contributed by atoms with Crippen molar-refractivity contribution in [2.24, 2.45) is 5.41 Å². The summed E-state index contributed by atoms with van der Waals surface area (Å²) in [4.78, 5) is 80.9. The van der Waals surface area contributed by atoms with Gasteiger partial charge in [0.1, 0.15) is 17.8 Å². The fourth-order valence-corrected chi connectivity index (χ4v) is 9.27. The smallest absolute Gasteiger partial charge is 0.270 e. The van der Waals surface area contributed by atoms with Crippen LogP contribution in [0.15, 0.2) is 72.5 Å². The maximum absolute atomic E-state index is 14.1. The number of hydrogen-bond acceptors (Lipinski definition) is 10. The van der Waals surface area contributed by atoms with Crippen molar-refractivity contribution < 1.29 is 29.1 Å². The van der Waals surface area contributed by atoms with Gasteiger partial charge in [0.2, 0.25) is 23.6 Å². The summed E-state index contributed by atoms with van der Waals surface area (Å²) in [6.45, 7) is 10.00. The summed E-state index contributed by atoms with van der Waals surface area (Å²) in [6.07, 6.45) is 8.01. The van der Waals surface area contributed by atoms with Crippen molar-refractivity contribution in [3.8, 4) is 10.4 Å². The Labute approximate surface area is 383 Å². The van der Waals surface area contributed by atoms with Gasteiger partial charge in [-0.1, -0.05) is 74.9 Å². The number of aryl methyl sites for hydroxylation is 2. The van der Waals surface area contributed by atoms with Crippen LogP contribution in [0.4, 0.5) is 0 Å². The Balaban J connectivity index is 0.850. The first-order valence-corrected chi connectivity index (χ1v) is 23.3. The lowest BCUT2D eigenvalue weighted by atomic mass is 9.85. The molecule has 2 aliphatic rings. The third-order valence-electron chi connectivity index (χ3n) is 12.2. The Kier molecular flexibility index (Phi) is 14.9. The number of nitrogens with zero attached hydrogens (tertiary/aromatic N) is 7. The third kappa shape index (κ3) is 11.7. The number of hydrogen-bond donors (Lipinski definition) is 4. The molecule has 4 N–H and O–H groups in total. The molecule has 5 aromatic rings. The Morgan fingerprint density at radius 1 is 1.02 bits per heavy atom. The lowest BCUT2D eigenvalue weighted by molar-refractivity contribution is -0.144. The number of carbonyl (C=O) groups is 5. The number of aliphatic hydroxyl groups is 1. The van der Waals surface area contributed by atoms with Gasteiger partial charge in [-0.2, -0.15) is 0 Å². The van der Waals surface area contributed by atoms with Crippen LogP contribution in [-0.4, -0.2) is 126 Å². The molecule has 0 aliphatic carbocycles. The number of nitrogens with one attached hydrogen (secondary N) is 3. The van der Waals surface area contributed by atoms with Crippen molar-refractivity contribution >= 4 is 57.3 Å². The van der Waals surface area contributed by atoms with Crippen LogP contribution >= 0.6 is 11.3 Å². The van der Waals surface area contributed by atoms with Crippen molar-refractivity contribution in [3.63, 3.8) is 0 Å². The number of aromatic amines is 1. The number of carbonyl (C=O) groups excluding carboxylic acids is 5. The van der Waals surface area contributed by atoms with Crippen molar-refractivity contribution in [2.45, 2.75) is 104 Å². The molecule has 7 rings (SSSR count). The number of amides is 5. The molecular weight excluding hydrogens is 845 g/mol. The summed E-state index contributed by atoms with van der Waals surface area (Å²) in [5, 5.41) is 25.1. The highest BCUT2D eigenvalue weighted by molar-refractivity contribution is 7.13. The Morgan fingerprint density at radius 2 is 1.80 bits per heavy atom. The molecule has 0 unspecified atom stereocenters. The van der Waals surface area contributed by atoms with Gasteiger partial charge in [0.05, 0.1) is 34.9 Å². The minimum atomic E-state index is -0.908. The number of rotatable bonds is 17. The Morgan fingerprint density at radius 3 is 2.52 bits per heavy atom. The lowest BCUT2D eigenvalue weighted by Gasteiger charge is -2.35. The van der Waals surface area contributed by atoms with E-state index in [4.69, 9.17) is 0 Å². The van der Waals surface area contributed by atoms with Crippen LogP contribution < -0.4 is 10.6 Å². The second-order valence-corrected chi connectivity index (χ2v) is 19.1. The molecule has 0 bridgehead atoms. The average molecular weight is 905 g/mol. The van der Waals surface area contributed by atoms with E-state index in [1.807, 2.05) is 86.6 Å². The number of aromatic nitrogens is 5. The van der Waals surface area contributed by atoms with Crippen molar-refractivity contribution in [1.29, 1.82) is 0 Å². The van der Waals surface area contributed by atoms with Gasteiger partial charge in [0.15, 0.2) is 0 Å². The van der Waals surface area contributed by atoms with Gasteiger partial charge >= 0.3 is 0 Å². The Hall–Kier alpha value is -6.20. The molecule has 344 valence electrons. The first kappa shape index (κ1) is 46.8. The van der Waals surface area contributed by atoms with Crippen molar-refractivity contribution in [2.75, 3.05) is 33.2 Å². The van der Waals surface area contributed by atoms with Crippen LogP contribution in [0, 0.1) is 12.3 Å². The number of fused-ring (bicyclic) bond motifs is 1. The van der Waals surface area contributed by atoms with Crippen molar-refractivity contribution in [3.05, 3.63) is 95.0 Å². The quantitative estimate of drug-likeness (QED) is 0.0891. The first-order valence-electron chi connectivity index (χ1n) is 22.4. The minimum Gasteiger partial charge on any atom is -0.391 e. The van der Waals surface area contributed by atoms with E-state index in [0.29, 0.717) is 57.6 Å². The predicted octanol–water partition coefficient (Wildman–Crippen LogP) is 5.34. The van der Waals surface area contributed by atoms with E-state index in [0.717, 1.165) is 50.2 Å². The summed E-state index contributed by atoms with van der Waals surface area (Å²) in [5.74, 6) is -1.10. The van der Waals surface area contributed by atoms with Crippen LogP contribution in [0.5, 0.6) is 0 Å². The van der Waals surface area contributed by atoms with Crippen LogP contribution in [0.3, 0.4) is 0 Å². The second-order valence-electron chi connectivity index (χ2n) is 18.2. The fraction of sp³-hybridized carbons (Fsp3) is 0.458. The highest BCUT2D eigenvalue weighted by Crippen LogP contribution is 2.29.